The van der Waals surface area contributed by atoms with Gasteiger partial charge in [0.05, 0.1) is 23.6 Å². The van der Waals surface area contributed by atoms with Gasteiger partial charge in [0.25, 0.3) is 11.1 Å². The van der Waals surface area contributed by atoms with Crippen molar-refractivity contribution in [1.29, 1.82) is 0 Å². The van der Waals surface area contributed by atoms with E-state index in [1.165, 1.54) is 25.3 Å². The van der Waals surface area contributed by atoms with E-state index in [0.29, 0.717) is 17.3 Å². The van der Waals surface area contributed by atoms with Crippen LogP contribution in [0.1, 0.15) is 25.3 Å². The van der Waals surface area contributed by atoms with Crippen molar-refractivity contribution in [3.8, 4) is 11.5 Å². The van der Waals surface area contributed by atoms with Gasteiger partial charge in [0.15, 0.2) is 11.5 Å². The summed E-state index contributed by atoms with van der Waals surface area (Å²) < 4.78 is 9.98. The van der Waals surface area contributed by atoms with Crippen LogP contribution in [0.25, 0.3) is 6.08 Å². The fraction of sp³-hybridized carbons (Fsp3) is 0.353. The van der Waals surface area contributed by atoms with E-state index in [4.69, 9.17) is 21.1 Å². The van der Waals surface area contributed by atoms with Crippen LogP contribution in [-0.2, 0) is 14.3 Å². The molecule has 2 amide bonds. The molecular formula is C17H18ClNO6S. The molecule has 0 aliphatic carbocycles. The molecule has 0 bridgehead atoms. The largest absolute Gasteiger partial charge is 0.503 e. The molecule has 1 saturated heterocycles. The van der Waals surface area contributed by atoms with Gasteiger partial charge >= 0.3 is 5.97 Å². The summed E-state index contributed by atoms with van der Waals surface area (Å²) in [5.41, 5.74) is 0.473. The van der Waals surface area contributed by atoms with Gasteiger partial charge in [-0.05, 0) is 42.0 Å². The van der Waals surface area contributed by atoms with E-state index < -0.39 is 23.7 Å². The van der Waals surface area contributed by atoms with Crippen molar-refractivity contribution >= 4 is 46.6 Å². The Kier molecular flexibility index (Phi) is 6.93. The molecule has 1 N–H and O–H groups in total. The van der Waals surface area contributed by atoms with Crippen LogP contribution in [0.2, 0.25) is 5.02 Å². The van der Waals surface area contributed by atoms with Crippen LogP contribution in [0.5, 0.6) is 11.5 Å². The Labute approximate surface area is 159 Å². The molecule has 0 unspecified atom stereocenters. The predicted molar refractivity (Wildman–Crippen MR) is 98.2 cm³/mol. The van der Waals surface area contributed by atoms with E-state index in [-0.39, 0.29) is 28.0 Å². The van der Waals surface area contributed by atoms with Crippen molar-refractivity contribution in [1.82, 2.24) is 4.90 Å². The second-order valence-corrected chi connectivity index (χ2v) is 6.80. The third-order valence-electron chi connectivity index (χ3n) is 3.49. The van der Waals surface area contributed by atoms with Crippen LogP contribution in [0.15, 0.2) is 17.0 Å². The summed E-state index contributed by atoms with van der Waals surface area (Å²) in [6.07, 6.45) is 3.04. The number of nitrogens with zero attached hydrogens (tertiary/aromatic N) is 1. The molecule has 0 atom stereocenters. The van der Waals surface area contributed by atoms with Gasteiger partial charge in [0.2, 0.25) is 0 Å². The Morgan fingerprint density at radius 3 is 2.77 bits per heavy atom. The molecule has 0 saturated carbocycles. The zero-order valence-electron chi connectivity index (χ0n) is 14.3. The highest BCUT2D eigenvalue weighted by Crippen LogP contribution is 2.37. The standard InChI is InChI=1S/C17H18ClNO6S/c1-3-4-5-25-14(20)9-19-16(22)13(26-17(19)23)8-10-6-11(18)15(21)12(7-10)24-2/h6-8,21H,3-5,9H2,1-2H3/b13-8-. The highest BCUT2D eigenvalue weighted by atomic mass is 35.5. The molecule has 1 heterocycles. The van der Waals surface area contributed by atoms with Crippen molar-refractivity contribution < 1.29 is 29.0 Å². The van der Waals surface area contributed by atoms with Crippen LogP contribution >= 0.6 is 23.4 Å². The predicted octanol–water partition coefficient (Wildman–Crippen LogP) is 3.43. The number of methoxy groups -OCH3 is 1. The molecule has 1 aromatic carbocycles. The monoisotopic (exact) mass is 399 g/mol. The summed E-state index contributed by atoms with van der Waals surface area (Å²) in [4.78, 5) is 37.1. The number of phenols is 1. The van der Waals surface area contributed by atoms with Crippen LogP contribution < -0.4 is 4.74 Å². The maximum absolute atomic E-state index is 12.4. The lowest BCUT2D eigenvalue weighted by molar-refractivity contribution is -0.146. The highest BCUT2D eigenvalue weighted by Gasteiger charge is 2.36. The summed E-state index contributed by atoms with van der Waals surface area (Å²) in [7, 11) is 1.37. The number of hydrogen-bond donors (Lipinski definition) is 1. The number of rotatable bonds is 7. The normalized spacial score (nSPS) is 15.7. The molecule has 1 aliphatic rings. The van der Waals surface area contributed by atoms with Crippen molar-refractivity contribution in [2.45, 2.75) is 19.8 Å². The summed E-state index contributed by atoms with van der Waals surface area (Å²) in [6.45, 7) is 1.79. The molecule has 0 aromatic heterocycles. The smallest absolute Gasteiger partial charge is 0.326 e. The number of thioether (sulfide) groups is 1. The SMILES string of the molecule is CCCCOC(=O)CN1C(=O)S/C(=C\c2cc(Cl)c(O)c(OC)c2)C1=O. The minimum absolute atomic E-state index is 0.0503. The van der Waals surface area contributed by atoms with E-state index in [9.17, 15) is 19.5 Å². The van der Waals surface area contributed by atoms with E-state index in [2.05, 4.69) is 0 Å². The summed E-state index contributed by atoms with van der Waals surface area (Å²) in [6, 6.07) is 2.92. The fourth-order valence-corrected chi connectivity index (χ4v) is 3.18. The van der Waals surface area contributed by atoms with Gasteiger partial charge in [-0.15, -0.1) is 0 Å². The fourth-order valence-electron chi connectivity index (χ4n) is 2.13. The molecule has 9 heteroatoms. The number of halogens is 1. The van der Waals surface area contributed by atoms with E-state index in [0.717, 1.165) is 17.7 Å². The second kappa shape index (κ2) is 8.95. The maximum Gasteiger partial charge on any atom is 0.326 e. The molecule has 140 valence electrons. The van der Waals surface area contributed by atoms with Gasteiger partial charge in [-0.25, -0.2) is 0 Å². The highest BCUT2D eigenvalue weighted by molar-refractivity contribution is 8.18. The maximum atomic E-state index is 12.4. The Morgan fingerprint density at radius 1 is 1.38 bits per heavy atom. The number of ether oxygens (including phenoxy) is 2. The first-order valence-corrected chi connectivity index (χ1v) is 9.04. The van der Waals surface area contributed by atoms with Crippen LogP contribution in [0, 0.1) is 0 Å². The average Bonchev–Trinajstić information content (AvgIpc) is 2.85. The quantitative estimate of drug-likeness (QED) is 0.426. The first-order chi connectivity index (χ1) is 12.4. The molecule has 7 nitrogen and oxygen atoms in total. The number of imide groups is 1. The molecule has 1 fully saturated rings. The Morgan fingerprint density at radius 2 is 2.12 bits per heavy atom. The number of amides is 2. The first kappa shape index (κ1) is 20.1. The topological polar surface area (TPSA) is 93.1 Å². The lowest BCUT2D eigenvalue weighted by Crippen LogP contribution is -2.34. The van der Waals surface area contributed by atoms with Crippen molar-refractivity contribution in [2.75, 3.05) is 20.3 Å². The van der Waals surface area contributed by atoms with Crippen LogP contribution in [-0.4, -0.2) is 47.4 Å². The van der Waals surface area contributed by atoms with Gasteiger partial charge in [-0.3, -0.25) is 19.3 Å². The number of phenolic OH excluding ortho intramolecular Hbond substituents is 1. The number of hydrogen-bond acceptors (Lipinski definition) is 7. The van der Waals surface area contributed by atoms with Gasteiger partial charge < -0.3 is 14.6 Å². The molecule has 0 radical (unpaired) electrons. The number of benzene rings is 1. The average molecular weight is 400 g/mol. The number of unbranched alkanes of at least 4 members (excludes halogenated alkanes) is 1. The van der Waals surface area contributed by atoms with Gasteiger partial charge in [0.1, 0.15) is 6.54 Å². The Bertz CT molecular complexity index is 764. The van der Waals surface area contributed by atoms with Crippen LogP contribution in [0.4, 0.5) is 4.79 Å². The number of esters is 1. The molecule has 1 aliphatic heterocycles. The third-order valence-corrected chi connectivity index (χ3v) is 4.69. The third kappa shape index (κ3) is 4.70. The number of aromatic hydroxyl groups is 1. The lowest BCUT2D eigenvalue weighted by atomic mass is 10.2. The van der Waals surface area contributed by atoms with Crippen LogP contribution in [0.3, 0.4) is 0 Å². The molecule has 26 heavy (non-hydrogen) atoms. The zero-order valence-corrected chi connectivity index (χ0v) is 15.9. The summed E-state index contributed by atoms with van der Waals surface area (Å²) >= 11 is 6.63. The van der Waals surface area contributed by atoms with Gasteiger partial charge in [-0.1, -0.05) is 24.9 Å². The molecular weight excluding hydrogens is 382 g/mol. The first-order valence-electron chi connectivity index (χ1n) is 7.84. The minimum Gasteiger partial charge on any atom is -0.503 e. The minimum atomic E-state index is -0.628. The van der Waals surface area contributed by atoms with Crippen molar-refractivity contribution in [3.05, 3.63) is 27.6 Å². The summed E-state index contributed by atoms with van der Waals surface area (Å²) in [5, 5.41) is 9.24. The molecule has 1 aromatic rings. The van der Waals surface area contributed by atoms with Crippen molar-refractivity contribution in [3.63, 3.8) is 0 Å². The van der Waals surface area contributed by atoms with E-state index in [1.807, 2.05) is 6.92 Å². The van der Waals surface area contributed by atoms with Gasteiger partial charge in [-0.2, -0.15) is 0 Å². The number of carbonyl (C=O) groups excluding carboxylic acids is 3. The number of carbonyl (C=O) groups is 3. The van der Waals surface area contributed by atoms with Gasteiger partial charge in [0, 0.05) is 0 Å². The second-order valence-electron chi connectivity index (χ2n) is 5.40. The Hall–Kier alpha value is -2.19. The van der Waals surface area contributed by atoms with E-state index >= 15 is 0 Å². The Balaban J connectivity index is 2.14. The molecule has 0 spiro atoms. The van der Waals surface area contributed by atoms with Crippen molar-refractivity contribution in [2.24, 2.45) is 0 Å². The molecule has 2 rings (SSSR count). The van der Waals surface area contributed by atoms with E-state index in [1.54, 1.807) is 0 Å². The summed E-state index contributed by atoms with van der Waals surface area (Å²) in [5.74, 6) is -1.29. The lowest BCUT2D eigenvalue weighted by Gasteiger charge is -2.11. The zero-order chi connectivity index (χ0) is 19.3.